The normalized spacial score (nSPS) is 11.9. The summed E-state index contributed by atoms with van der Waals surface area (Å²) in [7, 11) is 1.26. The number of rotatable bonds is 8. The van der Waals surface area contributed by atoms with Gasteiger partial charge in [-0.3, -0.25) is 4.79 Å². The summed E-state index contributed by atoms with van der Waals surface area (Å²) in [6, 6.07) is 14.1. The first-order valence-corrected chi connectivity index (χ1v) is 12.1. The molecule has 2 aromatic carbocycles. The molecule has 0 fully saturated rings. The molecule has 4 aromatic rings. The van der Waals surface area contributed by atoms with Gasteiger partial charge in [0.05, 0.1) is 35.3 Å². The predicted octanol–water partition coefficient (Wildman–Crippen LogP) is 4.59. The second-order valence-electron chi connectivity index (χ2n) is 8.10. The van der Waals surface area contributed by atoms with Gasteiger partial charge in [-0.15, -0.1) is 0 Å². The number of aromatic nitrogens is 3. The molecule has 4 rings (SSSR count). The maximum Gasteiger partial charge on any atom is 0.407 e. The number of imidazole rings is 1. The number of carbonyl (C=O) groups excluding carboxylic acids is 2. The fraction of sp³-hybridized carbons (Fsp3) is 0.280. The van der Waals surface area contributed by atoms with E-state index in [2.05, 4.69) is 43.2 Å². The van der Waals surface area contributed by atoms with Crippen LogP contribution in [-0.2, 0) is 9.53 Å². The van der Waals surface area contributed by atoms with Crippen LogP contribution in [0.15, 0.2) is 48.7 Å². The van der Waals surface area contributed by atoms with Crippen LogP contribution in [0.25, 0.3) is 32.6 Å². The Hall–Kier alpha value is -3.92. The molecule has 1 atom stereocenters. The van der Waals surface area contributed by atoms with Gasteiger partial charge >= 0.3 is 6.09 Å². The zero-order valence-electron chi connectivity index (χ0n) is 19.9. The number of ether oxygens (including phenoxy) is 1. The van der Waals surface area contributed by atoms with E-state index < -0.39 is 6.09 Å². The molecular formula is C25H28N6O3S. The molecule has 4 N–H and O–H groups in total. The van der Waals surface area contributed by atoms with Crippen molar-refractivity contribution in [2.24, 2.45) is 0 Å². The van der Waals surface area contributed by atoms with Gasteiger partial charge in [-0.05, 0) is 42.2 Å². The second kappa shape index (κ2) is 10.6. The zero-order valence-corrected chi connectivity index (χ0v) is 20.7. The molecule has 2 aromatic heterocycles. The van der Waals surface area contributed by atoms with Crippen LogP contribution in [0.2, 0.25) is 0 Å². The van der Waals surface area contributed by atoms with Crippen molar-refractivity contribution in [3.8, 4) is 22.4 Å². The lowest BCUT2D eigenvalue weighted by atomic mass is 10.0. The van der Waals surface area contributed by atoms with E-state index in [-0.39, 0.29) is 18.5 Å². The van der Waals surface area contributed by atoms with E-state index >= 15 is 0 Å². The number of hydrogen-bond donors (Lipinski definition) is 3. The molecule has 0 radical (unpaired) electrons. The summed E-state index contributed by atoms with van der Waals surface area (Å²) in [5.74, 6) is 0.476. The van der Waals surface area contributed by atoms with Crippen LogP contribution in [0.4, 0.5) is 9.93 Å². The van der Waals surface area contributed by atoms with Crippen molar-refractivity contribution in [3.05, 3.63) is 54.5 Å². The van der Waals surface area contributed by atoms with Crippen LogP contribution in [-0.4, -0.2) is 52.1 Å². The van der Waals surface area contributed by atoms with E-state index in [1.807, 2.05) is 38.1 Å². The molecule has 10 heteroatoms. The predicted molar refractivity (Wildman–Crippen MR) is 138 cm³/mol. The van der Waals surface area contributed by atoms with E-state index in [1.165, 1.54) is 18.4 Å². The number of carbonyl (C=O) groups is 2. The first kappa shape index (κ1) is 24.2. The summed E-state index contributed by atoms with van der Waals surface area (Å²) in [4.78, 5) is 37.9. The number of hydrogen-bond acceptors (Lipinski definition) is 7. The Morgan fingerprint density at radius 1 is 1.17 bits per heavy atom. The number of alkyl carbamates (subject to hydrolysis) is 1. The second-order valence-corrected chi connectivity index (χ2v) is 9.16. The molecule has 2 amide bonds. The number of amides is 2. The number of benzene rings is 2. The van der Waals surface area contributed by atoms with Crippen LogP contribution in [0.5, 0.6) is 0 Å². The van der Waals surface area contributed by atoms with Crippen molar-refractivity contribution >= 4 is 38.7 Å². The van der Waals surface area contributed by atoms with E-state index in [9.17, 15) is 9.59 Å². The van der Waals surface area contributed by atoms with Gasteiger partial charge in [0.1, 0.15) is 12.4 Å². The van der Waals surface area contributed by atoms with Crippen molar-refractivity contribution in [1.82, 2.24) is 25.2 Å². The number of nitrogens with two attached hydrogens (primary N) is 1. The van der Waals surface area contributed by atoms with E-state index in [0.29, 0.717) is 17.5 Å². The lowest BCUT2D eigenvalue weighted by Crippen LogP contribution is -2.42. The Labute approximate surface area is 207 Å². The fourth-order valence-electron chi connectivity index (χ4n) is 3.90. The molecule has 0 aliphatic carbocycles. The summed E-state index contributed by atoms with van der Waals surface area (Å²) < 4.78 is 5.61. The molecule has 0 saturated heterocycles. The third-order valence-electron chi connectivity index (χ3n) is 5.75. The van der Waals surface area contributed by atoms with E-state index in [1.54, 1.807) is 11.1 Å². The van der Waals surface area contributed by atoms with Crippen molar-refractivity contribution in [2.75, 3.05) is 25.9 Å². The minimum Gasteiger partial charge on any atom is -0.453 e. The number of nitrogens with one attached hydrogen (secondary N) is 2. The monoisotopic (exact) mass is 492 g/mol. The molecule has 182 valence electrons. The van der Waals surface area contributed by atoms with Crippen LogP contribution < -0.4 is 11.1 Å². The Morgan fingerprint density at radius 3 is 2.60 bits per heavy atom. The van der Waals surface area contributed by atoms with Crippen molar-refractivity contribution in [1.29, 1.82) is 0 Å². The van der Waals surface area contributed by atoms with Gasteiger partial charge in [-0.25, -0.2) is 14.8 Å². The number of nitrogens with zero attached hydrogens (tertiary/aromatic N) is 3. The Bertz CT molecular complexity index is 1330. The highest BCUT2D eigenvalue weighted by atomic mass is 32.1. The average molecular weight is 493 g/mol. The molecule has 0 saturated carbocycles. The van der Waals surface area contributed by atoms with E-state index in [4.69, 9.17) is 5.73 Å². The highest BCUT2D eigenvalue weighted by Crippen LogP contribution is 2.30. The number of aromatic amines is 1. The third kappa shape index (κ3) is 5.43. The summed E-state index contributed by atoms with van der Waals surface area (Å²) in [6.45, 7) is 4.33. The smallest absolute Gasteiger partial charge is 0.407 e. The molecule has 0 aliphatic rings. The molecule has 0 aliphatic heterocycles. The Kier molecular flexibility index (Phi) is 7.31. The zero-order chi connectivity index (χ0) is 24.9. The van der Waals surface area contributed by atoms with Gasteiger partial charge in [0.2, 0.25) is 5.91 Å². The van der Waals surface area contributed by atoms with E-state index in [0.717, 1.165) is 39.0 Å². The molecule has 1 unspecified atom stereocenters. The average Bonchev–Trinajstić information content (AvgIpc) is 3.51. The lowest BCUT2D eigenvalue weighted by Gasteiger charge is -2.27. The van der Waals surface area contributed by atoms with Crippen LogP contribution in [0.3, 0.4) is 0 Å². The minimum absolute atomic E-state index is 0.133. The van der Waals surface area contributed by atoms with Gasteiger partial charge in [0, 0.05) is 6.54 Å². The number of H-pyrrole nitrogens is 1. The van der Waals surface area contributed by atoms with Gasteiger partial charge in [0.25, 0.3) is 0 Å². The number of fused-ring (bicyclic) bond motifs is 1. The summed E-state index contributed by atoms with van der Waals surface area (Å²) in [5, 5.41) is 3.01. The van der Waals surface area contributed by atoms with Gasteiger partial charge in [-0.1, -0.05) is 48.6 Å². The number of thiazole rings is 1. The van der Waals surface area contributed by atoms with Crippen molar-refractivity contribution in [2.45, 2.75) is 26.3 Å². The van der Waals surface area contributed by atoms with Crippen molar-refractivity contribution < 1.29 is 14.3 Å². The highest BCUT2D eigenvalue weighted by Gasteiger charge is 2.23. The molecule has 2 heterocycles. The Balaban J connectivity index is 1.49. The molecular weight excluding hydrogens is 464 g/mol. The fourth-order valence-corrected chi connectivity index (χ4v) is 4.68. The van der Waals surface area contributed by atoms with Crippen LogP contribution in [0.1, 0.15) is 32.1 Å². The lowest BCUT2D eigenvalue weighted by molar-refractivity contribution is -0.132. The number of anilines is 1. The summed E-state index contributed by atoms with van der Waals surface area (Å²) in [6.07, 6.45) is 1.92. The van der Waals surface area contributed by atoms with Crippen LogP contribution >= 0.6 is 11.3 Å². The van der Waals surface area contributed by atoms with Gasteiger partial charge < -0.3 is 25.7 Å². The molecule has 9 nitrogen and oxygen atoms in total. The van der Waals surface area contributed by atoms with Gasteiger partial charge in [-0.2, -0.15) is 0 Å². The quantitative estimate of drug-likeness (QED) is 0.330. The highest BCUT2D eigenvalue weighted by molar-refractivity contribution is 7.22. The SMILES string of the molecule is CCCN(C(=O)CNC(=O)OC)C(C)c1ncc(-c2ccc(-c3ccc4nc(N)sc4c3)cc2)[nH]1. The topological polar surface area (TPSA) is 126 Å². The molecule has 0 bridgehead atoms. The molecule has 0 spiro atoms. The van der Waals surface area contributed by atoms with Gasteiger partial charge in [0.15, 0.2) is 5.13 Å². The van der Waals surface area contributed by atoms with Crippen molar-refractivity contribution in [3.63, 3.8) is 0 Å². The maximum atomic E-state index is 12.7. The summed E-state index contributed by atoms with van der Waals surface area (Å²) >= 11 is 1.48. The first-order chi connectivity index (χ1) is 16.9. The summed E-state index contributed by atoms with van der Waals surface area (Å²) in [5.41, 5.74) is 10.8. The Morgan fingerprint density at radius 2 is 1.89 bits per heavy atom. The number of nitrogen functional groups attached to an aromatic ring is 1. The number of methoxy groups -OCH3 is 1. The van der Waals surface area contributed by atoms with Crippen LogP contribution in [0, 0.1) is 0 Å². The standard InChI is InChI=1S/C25H28N6O3S/c1-4-11-31(22(32)14-28-25(33)34-3)15(2)23-27-13-20(29-23)17-7-5-16(6-8-17)18-9-10-19-21(12-18)35-24(26)30-19/h5-10,12-13,15H,4,11,14H2,1-3H3,(H2,26,30)(H,27,29)(H,28,33). The largest absolute Gasteiger partial charge is 0.453 e. The molecule has 35 heavy (non-hydrogen) atoms. The maximum absolute atomic E-state index is 12.7. The third-order valence-corrected chi connectivity index (χ3v) is 6.59. The minimum atomic E-state index is -0.637. The first-order valence-electron chi connectivity index (χ1n) is 11.3.